The number of esters is 2. The summed E-state index contributed by atoms with van der Waals surface area (Å²) >= 11 is 3.59. The summed E-state index contributed by atoms with van der Waals surface area (Å²) in [6.07, 6.45) is 4.05. The van der Waals surface area contributed by atoms with Crippen LogP contribution < -0.4 is 9.67 Å². The fourth-order valence-electron chi connectivity index (χ4n) is 2.65. The predicted octanol–water partition coefficient (Wildman–Crippen LogP) is 2.11. The second-order valence-corrected chi connectivity index (χ2v) is 6.40. The van der Waals surface area contributed by atoms with Crippen molar-refractivity contribution in [2.75, 3.05) is 14.2 Å². The molecule has 0 N–H and O–H groups in total. The van der Waals surface area contributed by atoms with E-state index >= 15 is 0 Å². The lowest BCUT2D eigenvalue weighted by atomic mass is 10.1. The molecule has 1 aromatic heterocycles. The highest BCUT2D eigenvalue weighted by atomic mass is 79.9. The second-order valence-electron chi connectivity index (χ2n) is 5.61. The van der Waals surface area contributed by atoms with Gasteiger partial charge in [0.25, 0.3) is 5.70 Å². The Morgan fingerprint density at radius 3 is 2.42 bits per heavy atom. The number of methoxy groups -OCH3 is 2. The number of pyridine rings is 1. The van der Waals surface area contributed by atoms with Crippen molar-refractivity contribution < 1.29 is 28.7 Å². The van der Waals surface area contributed by atoms with Gasteiger partial charge in [-0.05, 0) is 28.4 Å². The summed E-state index contributed by atoms with van der Waals surface area (Å²) in [5.41, 5.74) is 0.320. The maximum atomic E-state index is 12.5. The van der Waals surface area contributed by atoms with Crippen LogP contribution in [0.1, 0.15) is 25.5 Å². The number of hydrogen-bond donors (Lipinski definition) is 0. The molecule has 0 spiro atoms. The largest absolute Gasteiger partial charge is 0.863 e. The molecule has 138 valence electrons. The molecule has 0 fully saturated rings. The molecule has 7 heteroatoms. The maximum absolute atomic E-state index is 12.5. The summed E-state index contributed by atoms with van der Waals surface area (Å²) in [7, 11) is 2.25. The van der Waals surface area contributed by atoms with Crippen molar-refractivity contribution in [3.05, 3.63) is 46.4 Å². The zero-order valence-corrected chi connectivity index (χ0v) is 16.5. The number of hydrogen-bond acceptors (Lipinski definition) is 5. The van der Waals surface area contributed by atoms with Gasteiger partial charge >= 0.3 is 11.9 Å². The highest BCUT2D eigenvalue weighted by molar-refractivity contribution is 9.10. The Morgan fingerprint density at radius 1 is 1.15 bits per heavy atom. The first-order valence-electron chi connectivity index (χ1n) is 8.16. The molecule has 0 amide bonds. The fraction of sp³-hybridized carbons (Fsp3) is 0.316. The molecule has 0 aliphatic rings. The Labute approximate surface area is 160 Å². The molecule has 0 radical (unpaired) electrons. The third-order valence-corrected chi connectivity index (χ3v) is 4.87. The molecule has 0 atom stereocenters. The van der Waals surface area contributed by atoms with Crippen molar-refractivity contribution in [2.45, 2.75) is 26.2 Å². The normalized spacial score (nSPS) is 11.8. The van der Waals surface area contributed by atoms with Crippen LogP contribution in [0.3, 0.4) is 0 Å². The first-order valence-corrected chi connectivity index (χ1v) is 8.95. The molecular formula is C19H20BrNO5. The van der Waals surface area contributed by atoms with Gasteiger partial charge in [-0.15, -0.1) is 0 Å². The number of rotatable bonds is 6. The van der Waals surface area contributed by atoms with Gasteiger partial charge in [-0.1, -0.05) is 31.5 Å². The Kier molecular flexibility index (Phi) is 6.74. The molecule has 1 heterocycles. The Hall–Kier alpha value is -2.41. The number of ether oxygens (including phenoxy) is 2. The van der Waals surface area contributed by atoms with Gasteiger partial charge in [-0.2, -0.15) is 4.57 Å². The van der Waals surface area contributed by atoms with Gasteiger partial charge < -0.3 is 14.6 Å². The molecule has 0 saturated heterocycles. The van der Waals surface area contributed by atoms with Crippen molar-refractivity contribution >= 4 is 44.3 Å². The van der Waals surface area contributed by atoms with Crippen molar-refractivity contribution in [1.82, 2.24) is 0 Å². The standard InChI is InChI=1S/C19H20BrNO5/c1-4-5-10-14-15(20)13-9-7-6-8-12(13)11-21(14)16(18(23)25-2)17(22)19(24)26-3/h6-9,11H,4-5,10H2,1-3H3. The molecule has 0 aliphatic heterocycles. The molecule has 0 saturated carbocycles. The smallest absolute Gasteiger partial charge is 0.403 e. The van der Waals surface area contributed by atoms with Crippen LogP contribution in [0.25, 0.3) is 16.5 Å². The van der Waals surface area contributed by atoms with E-state index in [9.17, 15) is 14.7 Å². The minimum Gasteiger partial charge on any atom is -0.863 e. The van der Waals surface area contributed by atoms with Crippen LogP contribution in [0.15, 0.2) is 40.7 Å². The summed E-state index contributed by atoms with van der Waals surface area (Å²) in [5.74, 6) is -3.07. The van der Waals surface area contributed by atoms with E-state index in [0.717, 1.165) is 42.3 Å². The summed E-state index contributed by atoms with van der Waals surface area (Å²) < 4.78 is 11.5. The third kappa shape index (κ3) is 3.88. The summed E-state index contributed by atoms with van der Waals surface area (Å²) in [4.78, 5) is 24.1. The zero-order chi connectivity index (χ0) is 19.3. The molecule has 0 unspecified atom stereocenters. The molecule has 1 aromatic carbocycles. The van der Waals surface area contributed by atoms with E-state index in [1.165, 1.54) is 4.57 Å². The van der Waals surface area contributed by atoms with Crippen molar-refractivity contribution in [3.8, 4) is 0 Å². The number of halogens is 1. The van der Waals surface area contributed by atoms with Gasteiger partial charge in [0.1, 0.15) is 0 Å². The topological polar surface area (TPSA) is 79.5 Å². The van der Waals surface area contributed by atoms with Crippen LogP contribution in [0.4, 0.5) is 0 Å². The van der Waals surface area contributed by atoms with Crippen LogP contribution >= 0.6 is 15.9 Å². The monoisotopic (exact) mass is 421 g/mol. The average molecular weight is 422 g/mol. The van der Waals surface area contributed by atoms with E-state index < -0.39 is 23.4 Å². The molecule has 26 heavy (non-hydrogen) atoms. The van der Waals surface area contributed by atoms with Crippen molar-refractivity contribution in [3.63, 3.8) is 0 Å². The minimum absolute atomic E-state index is 0.392. The van der Waals surface area contributed by atoms with E-state index in [2.05, 4.69) is 20.7 Å². The first kappa shape index (κ1) is 19.9. The number of carbonyl (C=O) groups excluding carboxylic acids is 2. The highest BCUT2D eigenvalue weighted by Gasteiger charge is 2.31. The van der Waals surface area contributed by atoms with Gasteiger partial charge in [0.15, 0.2) is 6.20 Å². The SMILES string of the molecule is CCCCc1c(Br)c2ccccc2c[n+]1/C(C(=O)OC)=C(\[O-])C(=O)OC. The van der Waals surface area contributed by atoms with Crippen molar-refractivity contribution in [2.24, 2.45) is 0 Å². The van der Waals surface area contributed by atoms with Gasteiger partial charge in [-0.25, -0.2) is 9.59 Å². The lowest BCUT2D eigenvalue weighted by Gasteiger charge is -2.14. The predicted molar refractivity (Wildman–Crippen MR) is 97.7 cm³/mol. The van der Waals surface area contributed by atoms with Crippen LogP contribution in [0.5, 0.6) is 0 Å². The second kappa shape index (κ2) is 8.80. The lowest BCUT2D eigenvalue weighted by Crippen LogP contribution is -2.45. The number of nitrogens with zero attached hydrogens (tertiary/aromatic N) is 1. The first-order chi connectivity index (χ1) is 12.5. The van der Waals surface area contributed by atoms with E-state index in [1.54, 1.807) is 6.20 Å². The van der Waals surface area contributed by atoms with Gasteiger partial charge in [-0.3, -0.25) is 0 Å². The molecule has 0 aliphatic carbocycles. The molecule has 2 aromatic rings. The number of carbonyl (C=O) groups is 2. The molecule has 0 bridgehead atoms. The molecular weight excluding hydrogens is 402 g/mol. The Balaban J connectivity index is 2.86. The van der Waals surface area contributed by atoms with E-state index in [-0.39, 0.29) is 0 Å². The number of fused-ring (bicyclic) bond motifs is 1. The van der Waals surface area contributed by atoms with Crippen LogP contribution in [0, 0.1) is 0 Å². The van der Waals surface area contributed by atoms with E-state index in [1.807, 2.05) is 31.2 Å². The average Bonchev–Trinajstić information content (AvgIpc) is 2.66. The number of aromatic nitrogens is 1. The van der Waals surface area contributed by atoms with Gasteiger partial charge in [0.2, 0.25) is 5.69 Å². The van der Waals surface area contributed by atoms with E-state index in [4.69, 9.17) is 4.74 Å². The van der Waals surface area contributed by atoms with Crippen LogP contribution in [0.2, 0.25) is 0 Å². The van der Waals surface area contributed by atoms with Crippen molar-refractivity contribution in [1.29, 1.82) is 0 Å². The van der Waals surface area contributed by atoms with Crippen LogP contribution in [-0.4, -0.2) is 26.2 Å². The quantitative estimate of drug-likeness (QED) is 0.308. The third-order valence-electron chi connectivity index (χ3n) is 3.98. The lowest BCUT2D eigenvalue weighted by molar-refractivity contribution is -0.590. The summed E-state index contributed by atoms with van der Waals surface area (Å²) in [6, 6.07) is 7.56. The van der Waals surface area contributed by atoms with Gasteiger partial charge in [0, 0.05) is 17.2 Å². The van der Waals surface area contributed by atoms with E-state index in [0.29, 0.717) is 12.1 Å². The number of unbranched alkanes of at least 4 members (excludes halogenated alkanes) is 1. The fourth-order valence-corrected chi connectivity index (χ4v) is 3.40. The maximum Gasteiger partial charge on any atom is 0.403 e. The number of benzene rings is 1. The minimum atomic E-state index is -1.12. The highest BCUT2D eigenvalue weighted by Crippen LogP contribution is 2.27. The molecule has 6 nitrogen and oxygen atoms in total. The Morgan fingerprint density at radius 2 is 1.81 bits per heavy atom. The van der Waals surface area contributed by atoms with Crippen LogP contribution in [-0.2, 0) is 25.5 Å². The zero-order valence-electron chi connectivity index (χ0n) is 14.9. The summed E-state index contributed by atoms with van der Waals surface area (Å²) in [6.45, 7) is 2.05. The Bertz CT molecular complexity index is 876. The molecule has 2 rings (SSSR count). The summed E-state index contributed by atoms with van der Waals surface area (Å²) in [5, 5.41) is 14.3. The van der Waals surface area contributed by atoms with Gasteiger partial charge in [0.05, 0.1) is 24.5 Å².